The van der Waals surface area contributed by atoms with Crippen molar-refractivity contribution in [2.24, 2.45) is 23.5 Å². The van der Waals surface area contributed by atoms with E-state index in [2.05, 4.69) is 25.2 Å². The van der Waals surface area contributed by atoms with Gasteiger partial charge in [-0.05, 0) is 31.6 Å². The molecular formula is C13H23N3O. The Bertz CT molecular complexity index is 296. The Morgan fingerprint density at radius 2 is 2.24 bits per heavy atom. The molecule has 3 atom stereocenters. The standard InChI is InChI=1S/C13H23N3O/c1-9(2)6-11(8-15)13(17)16-12-5-3-4-10(12)7-14/h9-12H,3-6,8,15H2,1-2H3,(H,16,17). The van der Waals surface area contributed by atoms with Crippen LogP contribution in [0.1, 0.15) is 39.5 Å². The Hall–Kier alpha value is -1.08. The van der Waals surface area contributed by atoms with Gasteiger partial charge in [0.15, 0.2) is 0 Å². The lowest BCUT2D eigenvalue weighted by atomic mass is 9.95. The van der Waals surface area contributed by atoms with Crippen molar-refractivity contribution in [3.05, 3.63) is 0 Å². The quantitative estimate of drug-likeness (QED) is 0.759. The summed E-state index contributed by atoms with van der Waals surface area (Å²) in [6.07, 6.45) is 3.66. The van der Waals surface area contributed by atoms with Crippen LogP contribution in [-0.4, -0.2) is 18.5 Å². The van der Waals surface area contributed by atoms with Crippen molar-refractivity contribution in [1.29, 1.82) is 5.26 Å². The predicted molar refractivity (Wildman–Crippen MR) is 66.9 cm³/mol. The van der Waals surface area contributed by atoms with Crippen molar-refractivity contribution in [2.45, 2.75) is 45.6 Å². The van der Waals surface area contributed by atoms with E-state index in [0.717, 1.165) is 25.7 Å². The first kappa shape index (κ1) is 14.0. The van der Waals surface area contributed by atoms with Crippen LogP contribution in [0.5, 0.6) is 0 Å². The molecule has 4 heteroatoms. The molecule has 1 saturated carbocycles. The summed E-state index contributed by atoms with van der Waals surface area (Å²) in [6.45, 7) is 4.56. The highest BCUT2D eigenvalue weighted by atomic mass is 16.2. The number of nitriles is 1. The molecule has 0 aromatic rings. The van der Waals surface area contributed by atoms with Crippen LogP contribution in [0, 0.1) is 29.1 Å². The molecule has 0 saturated heterocycles. The number of hydrogen-bond acceptors (Lipinski definition) is 3. The maximum Gasteiger partial charge on any atom is 0.224 e. The van der Waals surface area contributed by atoms with Crippen LogP contribution in [0.25, 0.3) is 0 Å². The molecule has 17 heavy (non-hydrogen) atoms. The van der Waals surface area contributed by atoms with Gasteiger partial charge < -0.3 is 11.1 Å². The summed E-state index contributed by atoms with van der Waals surface area (Å²) in [5, 5.41) is 12.0. The van der Waals surface area contributed by atoms with Gasteiger partial charge in [0, 0.05) is 12.6 Å². The molecule has 0 heterocycles. The predicted octanol–water partition coefficient (Wildman–Crippen LogP) is 1.42. The first-order valence-corrected chi connectivity index (χ1v) is 6.48. The van der Waals surface area contributed by atoms with Gasteiger partial charge in [0.1, 0.15) is 0 Å². The molecule has 0 spiro atoms. The van der Waals surface area contributed by atoms with E-state index in [1.54, 1.807) is 0 Å². The molecule has 0 aromatic heterocycles. The Balaban J connectivity index is 2.49. The Kier molecular flexibility index (Phi) is 5.43. The highest BCUT2D eigenvalue weighted by molar-refractivity contribution is 5.79. The third-order valence-corrected chi connectivity index (χ3v) is 3.42. The first-order chi connectivity index (χ1) is 8.08. The number of rotatable bonds is 5. The molecule has 0 aliphatic heterocycles. The first-order valence-electron chi connectivity index (χ1n) is 6.48. The summed E-state index contributed by atoms with van der Waals surface area (Å²) in [7, 11) is 0. The van der Waals surface area contributed by atoms with Gasteiger partial charge in [-0.1, -0.05) is 13.8 Å². The average Bonchev–Trinajstić information content (AvgIpc) is 2.72. The molecule has 1 aliphatic carbocycles. The monoisotopic (exact) mass is 237 g/mol. The second-order valence-corrected chi connectivity index (χ2v) is 5.34. The summed E-state index contributed by atoms with van der Waals surface area (Å²) < 4.78 is 0. The van der Waals surface area contributed by atoms with Crippen LogP contribution < -0.4 is 11.1 Å². The van der Waals surface area contributed by atoms with Crippen LogP contribution >= 0.6 is 0 Å². The molecule has 0 bridgehead atoms. The van der Waals surface area contributed by atoms with E-state index in [-0.39, 0.29) is 23.8 Å². The topological polar surface area (TPSA) is 78.9 Å². The maximum absolute atomic E-state index is 12.0. The SMILES string of the molecule is CC(C)CC(CN)C(=O)NC1CCCC1C#N. The summed E-state index contributed by atoms with van der Waals surface area (Å²) in [5.41, 5.74) is 5.64. The van der Waals surface area contributed by atoms with Crippen molar-refractivity contribution >= 4 is 5.91 Å². The lowest BCUT2D eigenvalue weighted by molar-refractivity contribution is -0.126. The van der Waals surface area contributed by atoms with Crippen molar-refractivity contribution in [3.63, 3.8) is 0 Å². The number of hydrogen-bond donors (Lipinski definition) is 2. The van der Waals surface area contributed by atoms with E-state index >= 15 is 0 Å². The lowest BCUT2D eigenvalue weighted by Gasteiger charge is -2.21. The third-order valence-electron chi connectivity index (χ3n) is 3.42. The minimum Gasteiger partial charge on any atom is -0.352 e. The molecule has 3 unspecified atom stereocenters. The molecule has 96 valence electrons. The zero-order valence-corrected chi connectivity index (χ0v) is 10.8. The van der Waals surface area contributed by atoms with Crippen LogP contribution in [-0.2, 0) is 4.79 Å². The van der Waals surface area contributed by atoms with Crippen LogP contribution in [0.2, 0.25) is 0 Å². The Morgan fingerprint density at radius 3 is 2.76 bits per heavy atom. The summed E-state index contributed by atoms with van der Waals surface area (Å²) >= 11 is 0. The number of carbonyl (C=O) groups excluding carboxylic acids is 1. The van der Waals surface area contributed by atoms with Gasteiger partial charge in [-0.3, -0.25) is 4.79 Å². The molecule has 1 aliphatic rings. The largest absolute Gasteiger partial charge is 0.352 e. The summed E-state index contributed by atoms with van der Waals surface area (Å²) in [5.74, 6) is 0.351. The minimum atomic E-state index is -0.116. The lowest BCUT2D eigenvalue weighted by Crippen LogP contribution is -2.43. The van der Waals surface area contributed by atoms with E-state index < -0.39 is 0 Å². The van der Waals surface area contributed by atoms with Gasteiger partial charge in [-0.25, -0.2) is 0 Å². The smallest absolute Gasteiger partial charge is 0.224 e. The molecule has 1 rings (SSSR count). The van der Waals surface area contributed by atoms with Crippen LogP contribution in [0.3, 0.4) is 0 Å². The molecule has 0 radical (unpaired) electrons. The molecule has 4 nitrogen and oxygen atoms in total. The zero-order valence-electron chi connectivity index (χ0n) is 10.8. The normalized spacial score (nSPS) is 25.6. The molecule has 0 aromatic carbocycles. The van der Waals surface area contributed by atoms with Crippen molar-refractivity contribution in [2.75, 3.05) is 6.54 Å². The van der Waals surface area contributed by atoms with Crippen molar-refractivity contribution < 1.29 is 4.79 Å². The van der Waals surface area contributed by atoms with Gasteiger partial charge in [0.2, 0.25) is 5.91 Å². The van der Waals surface area contributed by atoms with Gasteiger partial charge >= 0.3 is 0 Å². The van der Waals surface area contributed by atoms with Crippen LogP contribution in [0.15, 0.2) is 0 Å². The third kappa shape index (κ3) is 4.01. The molecule has 1 amide bonds. The number of nitrogens with one attached hydrogen (secondary N) is 1. The fourth-order valence-electron chi connectivity index (χ4n) is 2.47. The van der Waals surface area contributed by atoms with Crippen molar-refractivity contribution in [1.82, 2.24) is 5.32 Å². The fraction of sp³-hybridized carbons (Fsp3) is 0.846. The van der Waals surface area contributed by atoms with E-state index in [9.17, 15) is 4.79 Å². The van der Waals surface area contributed by atoms with Crippen LogP contribution in [0.4, 0.5) is 0 Å². The number of nitrogens with zero attached hydrogens (tertiary/aromatic N) is 1. The van der Waals surface area contributed by atoms with Gasteiger partial charge in [-0.15, -0.1) is 0 Å². The van der Waals surface area contributed by atoms with Gasteiger partial charge in [0.25, 0.3) is 0 Å². The van der Waals surface area contributed by atoms with Crippen molar-refractivity contribution in [3.8, 4) is 6.07 Å². The summed E-state index contributed by atoms with van der Waals surface area (Å²) in [6, 6.07) is 2.31. The molecular weight excluding hydrogens is 214 g/mol. The second-order valence-electron chi connectivity index (χ2n) is 5.34. The highest BCUT2D eigenvalue weighted by Crippen LogP contribution is 2.25. The minimum absolute atomic E-state index is 0.0172. The zero-order chi connectivity index (χ0) is 12.8. The fourth-order valence-corrected chi connectivity index (χ4v) is 2.47. The second kappa shape index (κ2) is 6.61. The highest BCUT2D eigenvalue weighted by Gasteiger charge is 2.30. The summed E-state index contributed by atoms with van der Waals surface area (Å²) in [4.78, 5) is 12.0. The number of nitrogens with two attached hydrogens (primary N) is 1. The molecule has 1 fully saturated rings. The Morgan fingerprint density at radius 1 is 1.53 bits per heavy atom. The van der Waals surface area contributed by atoms with E-state index in [1.165, 1.54) is 0 Å². The number of carbonyl (C=O) groups is 1. The molecule has 3 N–H and O–H groups in total. The van der Waals surface area contributed by atoms with Gasteiger partial charge in [0.05, 0.1) is 17.9 Å². The van der Waals surface area contributed by atoms with E-state index in [1.807, 2.05) is 0 Å². The maximum atomic E-state index is 12.0. The van der Waals surface area contributed by atoms with E-state index in [4.69, 9.17) is 11.0 Å². The Labute approximate surface area is 104 Å². The number of amides is 1. The van der Waals surface area contributed by atoms with Gasteiger partial charge in [-0.2, -0.15) is 5.26 Å². The average molecular weight is 237 g/mol. The van der Waals surface area contributed by atoms with E-state index in [0.29, 0.717) is 12.5 Å².